The van der Waals surface area contributed by atoms with E-state index in [4.69, 9.17) is 10.7 Å². The average molecular weight is 823 g/mol. The lowest BCUT2D eigenvalue weighted by atomic mass is 9.93. The maximum absolute atomic E-state index is 14.6. The summed E-state index contributed by atoms with van der Waals surface area (Å²) in [6, 6.07) is 18.0. The van der Waals surface area contributed by atoms with Crippen molar-refractivity contribution in [1.82, 2.24) is 24.8 Å². The van der Waals surface area contributed by atoms with Gasteiger partial charge in [-0.05, 0) is 86.9 Å². The molecule has 0 bridgehead atoms. The summed E-state index contributed by atoms with van der Waals surface area (Å²) in [5, 5.41) is 3.05. The second-order valence-electron chi connectivity index (χ2n) is 14.6. The van der Waals surface area contributed by atoms with Crippen molar-refractivity contribution in [3.63, 3.8) is 0 Å². The van der Waals surface area contributed by atoms with Gasteiger partial charge >= 0.3 is 0 Å². The van der Waals surface area contributed by atoms with Gasteiger partial charge in [-0.1, -0.05) is 87.6 Å². The summed E-state index contributed by atoms with van der Waals surface area (Å²) < 4.78 is 29.2. The molecule has 6 heterocycles. The molecule has 0 aliphatic carbocycles. The fraction of sp³-hybridized carbons (Fsp3) is 0.289. The highest BCUT2D eigenvalue weighted by Gasteiger charge is 2.23. The molecular weight excluding hydrogens is 775 g/mol. The molecule has 2 aromatic carbocycles. The van der Waals surface area contributed by atoms with Crippen LogP contribution in [0.5, 0.6) is 0 Å². The van der Waals surface area contributed by atoms with Crippen LogP contribution in [-0.4, -0.2) is 52.0 Å². The van der Waals surface area contributed by atoms with Gasteiger partial charge in [-0.15, -0.1) is 11.3 Å². The van der Waals surface area contributed by atoms with Crippen molar-refractivity contribution in [3.05, 3.63) is 130 Å². The molecule has 0 saturated carbocycles. The van der Waals surface area contributed by atoms with Crippen LogP contribution in [0, 0.1) is 31.7 Å². The fourth-order valence-electron chi connectivity index (χ4n) is 7.56. The van der Waals surface area contributed by atoms with Crippen molar-refractivity contribution < 1.29 is 8.78 Å². The molecule has 0 fully saturated rings. The Morgan fingerprint density at radius 1 is 0.707 bits per heavy atom. The van der Waals surface area contributed by atoms with Gasteiger partial charge in [0.1, 0.15) is 9.40 Å². The number of pyridine rings is 4. The molecule has 58 heavy (non-hydrogen) atoms. The standard InChI is InChI=1S/C23H25N3OS.C20H17F2N3O2S.C2H6/c1-13(12-26(4)5)16-6-8-17(9-7-16)19-14(2)24-15(3)21-20(19)18-10-11-28-22(18)23(27)25-21;1-8(7-23)10-3-5-11(6-4-10)12-13-14-15(21)18(22)28-17(14)20(27)25-16(13)9(2)24-19(12)26;1-2/h6-11,13H,12H2,1-5H3,(H,25,27);3-6,8H,7,23H2,1-2H3,(H,24,26)(H,25,27);1-2H3. The number of aromatic nitrogens is 4. The molecule has 0 aliphatic heterocycles. The minimum Gasteiger partial charge on any atom is -0.330 e. The van der Waals surface area contributed by atoms with Crippen LogP contribution in [0.1, 0.15) is 67.7 Å². The number of hydrogen-bond acceptors (Lipinski definition) is 8. The number of nitrogens with two attached hydrogens (primary N) is 1. The highest BCUT2D eigenvalue weighted by Crippen LogP contribution is 2.38. The van der Waals surface area contributed by atoms with Crippen molar-refractivity contribution in [1.29, 1.82) is 0 Å². The molecular formula is C45H48F2N6O3S2. The van der Waals surface area contributed by atoms with E-state index in [1.54, 1.807) is 19.1 Å². The van der Waals surface area contributed by atoms with Crippen molar-refractivity contribution in [2.45, 2.75) is 60.3 Å². The minimum absolute atomic E-state index is 0.0370. The number of H-pyrrole nitrogens is 3. The number of rotatable bonds is 7. The lowest BCUT2D eigenvalue weighted by molar-refractivity contribution is 0.383. The molecule has 8 aromatic rings. The number of thiophene rings is 2. The molecule has 0 aliphatic rings. The van der Waals surface area contributed by atoms with Gasteiger partial charge in [0.15, 0.2) is 5.82 Å². The topological polar surface area (TPSA) is 141 Å². The zero-order valence-corrected chi connectivity index (χ0v) is 35.7. The second-order valence-corrected chi connectivity index (χ2v) is 16.5. The number of halogens is 2. The van der Waals surface area contributed by atoms with Gasteiger partial charge in [0.2, 0.25) is 5.13 Å². The number of hydrogen-bond donors (Lipinski definition) is 4. The molecule has 2 atom stereocenters. The van der Waals surface area contributed by atoms with Gasteiger partial charge < -0.3 is 25.6 Å². The summed E-state index contributed by atoms with van der Waals surface area (Å²) in [7, 11) is 4.20. The number of nitrogens with one attached hydrogen (secondary N) is 3. The number of aromatic amines is 3. The Kier molecular flexibility index (Phi) is 12.6. The van der Waals surface area contributed by atoms with Gasteiger partial charge in [-0.2, -0.15) is 4.39 Å². The van der Waals surface area contributed by atoms with Crippen LogP contribution in [0.3, 0.4) is 0 Å². The van der Waals surface area contributed by atoms with Gasteiger partial charge in [-0.3, -0.25) is 19.4 Å². The molecule has 0 radical (unpaired) electrons. The summed E-state index contributed by atoms with van der Waals surface area (Å²) in [4.78, 5) is 52.9. The van der Waals surface area contributed by atoms with E-state index < -0.39 is 22.1 Å². The number of likely N-dealkylation sites (N-methyl/N-ethyl adjacent to an activating group) is 1. The normalized spacial score (nSPS) is 12.5. The molecule has 6 aromatic heterocycles. The summed E-state index contributed by atoms with van der Waals surface area (Å²) in [5.41, 5.74) is 13.3. The Morgan fingerprint density at radius 3 is 1.88 bits per heavy atom. The van der Waals surface area contributed by atoms with E-state index in [1.165, 1.54) is 16.9 Å². The zero-order chi connectivity index (χ0) is 42.2. The van der Waals surface area contributed by atoms with Crippen molar-refractivity contribution in [2.75, 3.05) is 27.2 Å². The van der Waals surface area contributed by atoms with Gasteiger partial charge in [-0.25, -0.2) is 4.39 Å². The Labute approximate surface area is 342 Å². The first-order chi connectivity index (χ1) is 27.7. The number of nitrogens with zero attached hydrogens (tertiary/aromatic N) is 2. The quantitative estimate of drug-likeness (QED) is 0.126. The van der Waals surface area contributed by atoms with Crippen LogP contribution >= 0.6 is 22.7 Å². The predicted molar refractivity (Wildman–Crippen MR) is 239 cm³/mol. The molecule has 302 valence electrons. The second kappa shape index (κ2) is 17.3. The van der Waals surface area contributed by atoms with Crippen LogP contribution in [-0.2, 0) is 0 Å². The summed E-state index contributed by atoms with van der Waals surface area (Å²) >= 11 is 1.92. The van der Waals surface area contributed by atoms with Crippen LogP contribution in [0.25, 0.3) is 64.2 Å². The molecule has 9 nitrogen and oxygen atoms in total. The Morgan fingerprint density at radius 2 is 1.28 bits per heavy atom. The van der Waals surface area contributed by atoms with Crippen LogP contribution < -0.4 is 22.4 Å². The predicted octanol–water partition coefficient (Wildman–Crippen LogP) is 9.86. The van der Waals surface area contributed by atoms with Gasteiger partial charge in [0, 0.05) is 45.0 Å². The number of aryl methyl sites for hydroxylation is 3. The molecule has 2 unspecified atom stereocenters. The van der Waals surface area contributed by atoms with E-state index in [0.29, 0.717) is 35.1 Å². The van der Waals surface area contributed by atoms with Crippen LogP contribution in [0.4, 0.5) is 8.78 Å². The lowest BCUT2D eigenvalue weighted by Crippen LogP contribution is -2.18. The van der Waals surface area contributed by atoms with E-state index in [9.17, 15) is 23.2 Å². The largest absolute Gasteiger partial charge is 0.330 e. The smallest absolute Gasteiger partial charge is 0.266 e. The number of fused-ring (bicyclic) bond motifs is 6. The third-order valence-electron chi connectivity index (χ3n) is 10.4. The van der Waals surface area contributed by atoms with Crippen LogP contribution in [0.2, 0.25) is 0 Å². The highest BCUT2D eigenvalue weighted by atomic mass is 32.1. The third-order valence-corrected chi connectivity index (χ3v) is 12.2. The maximum atomic E-state index is 14.6. The van der Waals surface area contributed by atoms with Crippen molar-refractivity contribution in [2.24, 2.45) is 5.73 Å². The van der Waals surface area contributed by atoms with Gasteiger partial charge in [0.05, 0.1) is 22.3 Å². The maximum Gasteiger partial charge on any atom is 0.266 e. The van der Waals surface area contributed by atoms with Crippen molar-refractivity contribution >= 4 is 64.7 Å². The van der Waals surface area contributed by atoms with E-state index in [-0.39, 0.29) is 38.0 Å². The molecule has 13 heteroatoms. The minimum atomic E-state index is -1.12. The molecule has 0 saturated heterocycles. The van der Waals surface area contributed by atoms with Gasteiger partial charge in [0.25, 0.3) is 16.7 Å². The first kappa shape index (κ1) is 42.3. The first-order valence-corrected chi connectivity index (χ1v) is 20.9. The average Bonchev–Trinajstić information content (AvgIpc) is 3.82. The first-order valence-electron chi connectivity index (χ1n) is 19.2. The SMILES string of the molecule is CC.Cc1[nH]c(=O)c(-c2ccc(C(C)CN)cc2)c2c1[nH]c(=O)c1sc(F)c(F)c12.Cc1nc(C)c2[nH]c(=O)c3sccc3c2c1-c1ccc(C(C)CN(C)C)cc1. The molecule has 8 rings (SSSR count). The highest BCUT2D eigenvalue weighted by molar-refractivity contribution is 7.17. The van der Waals surface area contributed by atoms with E-state index in [0.717, 1.165) is 55.6 Å². The lowest BCUT2D eigenvalue weighted by Gasteiger charge is -2.18. The Bertz CT molecular complexity index is 2960. The number of benzene rings is 2. The fourth-order valence-corrected chi connectivity index (χ4v) is 9.17. The monoisotopic (exact) mass is 822 g/mol. The summed E-state index contributed by atoms with van der Waals surface area (Å²) in [6.45, 7) is 15.3. The Balaban J connectivity index is 0.000000188. The molecule has 0 amide bonds. The van der Waals surface area contributed by atoms with Crippen LogP contribution in [0.15, 0.2) is 74.4 Å². The Hall–Kier alpha value is -5.34. The summed E-state index contributed by atoms with van der Waals surface area (Å²) in [6.07, 6.45) is 0. The molecule has 5 N–H and O–H groups in total. The third kappa shape index (κ3) is 7.79. The summed E-state index contributed by atoms with van der Waals surface area (Å²) in [5.74, 6) is -0.498. The zero-order valence-electron chi connectivity index (χ0n) is 34.1. The van der Waals surface area contributed by atoms with E-state index in [2.05, 4.69) is 65.1 Å². The van der Waals surface area contributed by atoms with E-state index in [1.807, 2.05) is 58.2 Å². The van der Waals surface area contributed by atoms with E-state index >= 15 is 0 Å². The molecule has 0 spiro atoms. The van der Waals surface area contributed by atoms with Crippen molar-refractivity contribution in [3.8, 4) is 22.3 Å².